The second kappa shape index (κ2) is 5.38. The van der Waals surface area contributed by atoms with Gasteiger partial charge in [-0.25, -0.2) is 17.2 Å². The molecule has 7 heteroatoms. The molecule has 0 bridgehead atoms. The molecule has 0 aromatic heterocycles. The van der Waals surface area contributed by atoms with Gasteiger partial charge in [0, 0.05) is 6.07 Å². The molecule has 0 aliphatic rings. The first-order chi connectivity index (χ1) is 9.29. The van der Waals surface area contributed by atoms with Gasteiger partial charge in [-0.1, -0.05) is 29.3 Å². The average molecular weight is 318 g/mol. The van der Waals surface area contributed by atoms with Crippen LogP contribution in [0.2, 0.25) is 5.02 Å². The van der Waals surface area contributed by atoms with Gasteiger partial charge in [-0.3, -0.25) is 4.72 Å². The maximum Gasteiger partial charge on any atom is 0.261 e. The van der Waals surface area contributed by atoms with E-state index in [1.54, 1.807) is 12.1 Å². The van der Waals surface area contributed by atoms with Gasteiger partial charge in [0.15, 0.2) is 0 Å². The normalized spacial score (nSPS) is 11.4. The monoisotopic (exact) mass is 317 g/mol. The molecule has 0 unspecified atom stereocenters. The highest BCUT2D eigenvalue weighted by Gasteiger charge is 2.17. The minimum absolute atomic E-state index is 0.0250. The molecular weight excluding hydrogens is 308 g/mol. The van der Waals surface area contributed by atoms with Gasteiger partial charge >= 0.3 is 0 Å². The van der Waals surface area contributed by atoms with E-state index in [2.05, 4.69) is 0 Å². The topological polar surface area (TPSA) is 46.2 Å². The van der Waals surface area contributed by atoms with Crippen LogP contribution in [-0.4, -0.2) is 8.42 Å². The van der Waals surface area contributed by atoms with Crippen LogP contribution >= 0.6 is 11.6 Å². The van der Waals surface area contributed by atoms with Gasteiger partial charge < -0.3 is 0 Å². The first kappa shape index (κ1) is 14.7. The molecule has 20 heavy (non-hydrogen) atoms. The molecule has 0 heterocycles. The molecular formula is C13H10ClF2NO2S. The lowest BCUT2D eigenvalue weighted by Crippen LogP contribution is -2.14. The number of aryl methyl sites for hydroxylation is 1. The highest BCUT2D eigenvalue weighted by atomic mass is 35.5. The van der Waals surface area contributed by atoms with Crippen molar-refractivity contribution in [1.82, 2.24) is 0 Å². The van der Waals surface area contributed by atoms with Crippen LogP contribution in [0.3, 0.4) is 0 Å². The van der Waals surface area contributed by atoms with Crippen LogP contribution in [0.5, 0.6) is 0 Å². The highest BCUT2D eigenvalue weighted by molar-refractivity contribution is 7.92. The fraction of sp³-hybridized carbons (Fsp3) is 0.0769. The maximum absolute atomic E-state index is 13.5. The second-order valence-electron chi connectivity index (χ2n) is 4.16. The molecule has 0 radical (unpaired) electrons. The molecule has 0 saturated heterocycles. The molecule has 3 nitrogen and oxygen atoms in total. The number of hydrogen-bond donors (Lipinski definition) is 1. The third kappa shape index (κ3) is 3.08. The quantitative estimate of drug-likeness (QED) is 0.877. The van der Waals surface area contributed by atoms with Crippen LogP contribution in [0.4, 0.5) is 14.5 Å². The zero-order valence-electron chi connectivity index (χ0n) is 10.3. The summed E-state index contributed by atoms with van der Waals surface area (Å²) in [7, 11) is -3.95. The van der Waals surface area contributed by atoms with E-state index in [0.29, 0.717) is 6.07 Å². The molecule has 2 aromatic rings. The number of benzene rings is 2. The molecule has 0 fully saturated rings. The van der Waals surface area contributed by atoms with Crippen LogP contribution in [-0.2, 0) is 10.0 Å². The summed E-state index contributed by atoms with van der Waals surface area (Å²) in [5.74, 6) is -2.00. The zero-order chi connectivity index (χ0) is 14.9. The molecule has 0 amide bonds. The van der Waals surface area contributed by atoms with Gasteiger partial charge in [-0.15, -0.1) is 0 Å². The summed E-state index contributed by atoms with van der Waals surface area (Å²) in [5, 5.41) is -0.368. The van der Waals surface area contributed by atoms with Crippen LogP contribution < -0.4 is 4.72 Å². The van der Waals surface area contributed by atoms with E-state index in [-0.39, 0.29) is 9.92 Å². The smallest absolute Gasteiger partial charge is 0.261 e. The molecule has 0 aliphatic carbocycles. The van der Waals surface area contributed by atoms with Crippen molar-refractivity contribution in [2.75, 3.05) is 4.72 Å². The predicted molar refractivity (Wildman–Crippen MR) is 73.4 cm³/mol. The van der Waals surface area contributed by atoms with Crippen molar-refractivity contribution in [1.29, 1.82) is 0 Å². The lowest BCUT2D eigenvalue weighted by molar-refractivity contribution is 0.583. The number of sulfonamides is 1. The Morgan fingerprint density at radius 3 is 2.25 bits per heavy atom. The Labute approximate surface area is 120 Å². The Balaban J connectivity index is 2.38. The van der Waals surface area contributed by atoms with E-state index < -0.39 is 27.3 Å². The second-order valence-corrected chi connectivity index (χ2v) is 6.25. The molecule has 106 valence electrons. The van der Waals surface area contributed by atoms with E-state index in [9.17, 15) is 17.2 Å². The number of nitrogens with one attached hydrogen (secondary N) is 1. The highest BCUT2D eigenvalue weighted by Crippen LogP contribution is 2.25. The molecule has 0 saturated carbocycles. The van der Waals surface area contributed by atoms with E-state index in [1.807, 2.05) is 11.6 Å². The Hall–Kier alpha value is -1.66. The average Bonchev–Trinajstić information content (AvgIpc) is 2.36. The van der Waals surface area contributed by atoms with Crippen molar-refractivity contribution in [2.24, 2.45) is 0 Å². The Morgan fingerprint density at radius 2 is 1.65 bits per heavy atom. The number of rotatable bonds is 3. The summed E-state index contributed by atoms with van der Waals surface area (Å²) in [6.45, 7) is 1.81. The fourth-order valence-electron chi connectivity index (χ4n) is 1.52. The van der Waals surface area contributed by atoms with Crippen molar-refractivity contribution in [3.8, 4) is 0 Å². The van der Waals surface area contributed by atoms with E-state index in [0.717, 1.165) is 11.6 Å². The number of anilines is 1. The third-order valence-corrected chi connectivity index (χ3v) is 4.26. The fourth-order valence-corrected chi connectivity index (χ4v) is 2.74. The van der Waals surface area contributed by atoms with Gasteiger partial charge in [0.25, 0.3) is 10.0 Å². The van der Waals surface area contributed by atoms with Gasteiger partial charge in [0.1, 0.15) is 11.6 Å². The number of halogens is 3. The Morgan fingerprint density at radius 1 is 1.05 bits per heavy atom. The lowest BCUT2D eigenvalue weighted by atomic mass is 10.2. The van der Waals surface area contributed by atoms with Crippen LogP contribution in [0.25, 0.3) is 0 Å². The van der Waals surface area contributed by atoms with Crippen molar-refractivity contribution in [3.05, 3.63) is 58.6 Å². The van der Waals surface area contributed by atoms with Crippen molar-refractivity contribution in [2.45, 2.75) is 11.8 Å². The minimum Gasteiger partial charge on any atom is -0.277 e. The van der Waals surface area contributed by atoms with Crippen LogP contribution in [0.15, 0.2) is 41.3 Å². The SMILES string of the molecule is Cc1ccc(S(=O)(=O)Nc2cc(Cl)c(F)cc2F)cc1. The standard InChI is InChI=1S/C13H10ClF2NO2S/c1-8-2-4-9(5-3-8)20(18,19)17-13-6-10(14)11(15)7-12(13)16/h2-7,17H,1H3. The lowest BCUT2D eigenvalue weighted by Gasteiger charge is -2.10. The Kier molecular flexibility index (Phi) is 3.96. The summed E-state index contributed by atoms with van der Waals surface area (Å²) in [5.41, 5.74) is 0.483. The zero-order valence-corrected chi connectivity index (χ0v) is 11.9. The summed E-state index contributed by atoms with van der Waals surface area (Å²) >= 11 is 5.50. The largest absolute Gasteiger partial charge is 0.277 e. The molecule has 1 N–H and O–H groups in total. The summed E-state index contributed by atoms with van der Waals surface area (Å²) in [6, 6.07) is 7.42. The first-order valence-corrected chi connectivity index (χ1v) is 7.40. The van der Waals surface area contributed by atoms with Crippen LogP contribution in [0, 0.1) is 18.6 Å². The summed E-state index contributed by atoms with van der Waals surface area (Å²) in [6.07, 6.45) is 0. The van der Waals surface area contributed by atoms with Gasteiger partial charge in [0.2, 0.25) is 0 Å². The van der Waals surface area contributed by atoms with Crippen molar-refractivity contribution >= 4 is 27.3 Å². The molecule has 0 spiro atoms. The van der Waals surface area contributed by atoms with E-state index >= 15 is 0 Å². The summed E-state index contributed by atoms with van der Waals surface area (Å²) < 4.78 is 52.7. The molecule has 0 aliphatic heterocycles. The van der Waals surface area contributed by atoms with Gasteiger partial charge in [-0.2, -0.15) is 0 Å². The van der Waals surface area contributed by atoms with Crippen LogP contribution in [0.1, 0.15) is 5.56 Å². The first-order valence-electron chi connectivity index (χ1n) is 5.53. The molecule has 0 atom stereocenters. The van der Waals surface area contributed by atoms with Crippen molar-refractivity contribution < 1.29 is 17.2 Å². The Bertz CT molecular complexity index is 746. The minimum atomic E-state index is -3.95. The summed E-state index contributed by atoms with van der Waals surface area (Å²) in [4.78, 5) is -0.0250. The predicted octanol–water partition coefficient (Wildman–Crippen LogP) is 3.73. The van der Waals surface area contributed by atoms with Gasteiger partial charge in [0.05, 0.1) is 15.6 Å². The van der Waals surface area contributed by atoms with E-state index in [4.69, 9.17) is 11.6 Å². The van der Waals surface area contributed by atoms with E-state index in [1.165, 1.54) is 12.1 Å². The maximum atomic E-state index is 13.5. The third-order valence-electron chi connectivity index (χ3n) is 2.59. The molecule has 2 aromatic carbocycles. The van der Waals surface area contributed by atoms with Gasteiger partial charge in [-0.05, 0) is 25.1 Å². The number of hydrogen-bond acceptors (Lipinski definition) is 2. The molecule has 2 rings (SSSR count). The van der Waals surface area contributed by atoms with Crippen molar-refractivity contribution in [3.63, 3.8) is 0 Å².